The van der Waals surface area contributed by atoms with Crippen LogP contribution in [0.5, 0.6) is 5.75 Å². The number of phenolic OH excluding ortho intramolecular Hbond substituents is 1. The van der Waals surface area contributed by atoms with E-state index in [1.165, 1.54) is 32.1 Å². The molecule has 1 N–H and O–H groups in total. The van der Waals surface area contributed by atoms with Crippen molar-refractivity contribution in [2.75, 3.05) is 0 Å². The van der Waals surface area contributed by atoms with Crippen LogP contribution in [0, 0.1) is 0 Å². The summed E-state index contributed by atoms with van der Waals surface area (Å²) < 4.78 is 0. The van der Waals surface area contributed by atoms with Crippen molar-refractivity contribution >= 4 is 24.8 Å². The first-order chi connectivity index (χ1) is 10.4. The van der Waals surface area contributed by atoms with Gasteiger partial charge in [-0.1, -0.05) is 52.2 Å². The zero-order valence-electron chi connectivity index (χ0n) is 13.6. The molecule has 0 aliphatic heterocycles. The first-order valence-corrected chi connectivity index (χ1v) is 12.0. The molecule has 0 heterocycles. The van der Waals surface area contributed by atoms with E-state index in [9.17, 15) is 5.11 Å². The third-order valence-electron chi connectivity index (χ3n) is 3.87. The van der Waals surface area contributed by atoms with Gasteiger partial charge in [-0.2, -0.15) is 0 Å². The summed E-state index contributed by atoms with van der Waals surface area (Å²) >= 11 is -0.556. The van der Waals surface area contributed by atoms with Gasteiger partial charge in [0.1, 0.15) is 5.75 Å². The van der Waals surface area contributed by atoms with Crippen molar-refractivity contribution < 1.29 is 22.1 Å². The molecule has 0 radical (unpaired) electrons. The van der Waals surface area contributed by atoms with E-state index in [0.717, 1.165) is 11.1 Å². The first kappa shape index (κ1) is 20.0. The zero-order chi connectivity index (χ0) is 16.6. The van der Waals surface area contributed by atoms with Crippen LogP contribution in [0.2, 0.25) is 0 Å². The number of rotatable bonds is 2. The average Bonchev–Trinajstić information content (AvgIpc) is 2.47. The third kappa shape index (κ3) is 6.62. The molecule has 0 aromatic heterocycles. The van der Waals surface area contributed by atoms with Gasteiger partial charge in [0.25, 0.3) is 0 Å². The number of phenols is 1. The Morgan fingerprint density at radius 2 is 1.77 bits per heavy atom. The van der Waals surface area contributed by atoms with Crippen molar-refractivity contribution in [3.8, 4) is 5.75 Å². The summed E-state index contributed by atoms with van der Waals surface area (Å²) in [7, 11) is 9.78. The Morgan fingerprint density at radius 1 is 1.18 bits per heavy atom. The summed E-state index contributed by atoms with van der Waals surface area (Å²) in [5.74, 6) is 0.384. The normalized spacial score (nSPS) is 16.2. The van der Waals surface area contributed by atoms with Crippen molar-refractivity contribution in [1.82, 2.24) is 0 Å². The molecule has 0 saturated heterocycles. The van der Waals surface area contributed by atoms with Gasteiger partial charge in [-0.15, -0.1) is 0 Å². The minimum atomic E-state index is -0.556. The monoisotopic (exact) mass is 377 g/mol. The van der Waals surface area contributed by atoms with Crippen molar-refractivity contribution in [1.29, 1.82) is 0 Å². The van der Waals surface area contributed by atoms with Crippen LogP contribution in [-0.4, -0.2) is 17.4 Å². The fourth-order valence-corrected chi connectivity index (χ4v) is 2.69. The number of aromatic hydroxyl groups is 1. The van der Waals surface area contributed by atoms with E-state index < -0.39 is 17.0 Å². The number of aliphatic imine (C=N–C) groups is 1. The Bertz CT molecular complexity index is 480. The van der Waals surface area contributed by atoms with Gasteiger partial charge in [-0.25, -0.2) is 0 Å². The Hall–Kier alpha value is -0.0157. The van der Waals surface area contributed by atoms with E-state index in [-0.39, 0.29) is 5.41 Å². The number of nitrogens with zero attached hydrogens (tertiary/aromatic N) is 1. The molecule has 0 spiro atoms. The molecule has 0 bridgehead atoms. The molecular weight excluding hydrogens is 353 g/mol. The van der Waals surface area contributed by atoms with Crippen LogP contribution in [0.4, 0.5) is 0 Å². The van der Waals surface area contributed by atoms with Crippen LogP contribution in [-0.2, 0) is 22.4 Å². The van der Waals surface area contributed by atoms with Gasteiger partial charge in [0.05, 0.1) is 0 Å². The van der Waals surface area contributed by atoms with Crippen molar-refractivity contribution in [2.45, 2.75) is 64.3 Å². The Labute approximate surface area is 151 Å². The first-order valence-electron chi connectivity index (χ1n) is 7.72. The molecule has 0 atom stereocenters. The van der Waals surface area contributed by atoms with Gasteiger partial charge in [-0.3, -0.25) is 4.99 Å². The predicted octanol–water partition coefficient (Wildman–Crippen LogP) is 5.82. The topological polar surface area (TPSA) is 32.6 Å². The predicted molar refractivity (Wildman–Crippen MR) is 93.0 cm³/mol. The second kappa shape index (κ2) is 9.98. The summed E-state index contributed by atoms with van der Waals surface area (Å²) in [6.07, 6.45) is 8.16. The van der Waals surface area contributed by atoms with Crippen molar-refractivity contribution in [3.05, 3.63) is 29.3 Å². The van der Waals surface area contributed by atoms with Gasteiger partial charge in [0.15, 0.2) is 0 Å². The summed E-state index contributed by atoms with van der Waals surface area (Å²) in [6.45, 7) is 6.35. The third-order valence-corrected chi connectivity index (χ3v) is 3.87. The molecule has 1 fully saturated rings. The van der Waals surface area contributed by atoms with Crippen molar-refractivity contribution in [2.24, 2.45) is 4.99 Å². The molecule has 0 unspecified atom stereocenters. The quantitative estimate of drug-likeness (QED) is 0.511. The van der Waals surface area contributed by atoms with E-state index in [1.807, 2.05) is 24.4 Å². The Kier molecular flexibility index (Phi) is 9.08. The molecule has 1 aromatic carbocycles. The molecule has 122 valence electrons. The van der Waals surface area contributed by atoms with Crippen LogP contribution in [0.15, 0.2) is 23.2 Å². The molecule has 1 aromatic rings. The summed E-state index contributed by atoms with van der Waals surface area (Å²) in [5, 5.41) is 10.4. The van der Waals surface area contributed by atoms with Crippen LogP contribution in [0.1, 0.15) is 64.0 Å². The van der Waals surface area contributed by atoms with Crippen LogP contribution in [0.25, 0.3) is 0 Å². The molecule has 2 nitrogen and oxygen atoms in total. The van der Waals surface area contributed by atoms with Crippen LogP contribution < -0.4 is 0 Å². The van der Waals surface area contributed by atoms with Crippen LogP contribution >= 0.6 is 18.6 Å². The molecule has 2 rings (SSSR count). The molecule has 1 saturated carbocycles. The molecule has 5 heteroatoms. The van der Waals surface area contributed by atoms with E-state index >= 15 is 0 Å². The average molecular weight is 378 g/mol. The molecule has 22 heavy (non-hydrogen) atoms. The van der Waals surface area contributed by atoms with E-state index in [4.69, 9.17) is 18.6 Å². The van der Waals surface area contributed by atoms with Gasteiger partial charge in [0, 0.05) is 17.8 Å². The second-order valence-corrected chi connectivity index (χ2v) is 9.21. The summed E-state index contributed by atoms with van der Waals surface area (Å²) in [5.41, 5.74) is 1.79. The zero-order valence-corrected chi connectivity index (χ0v) is 16.6. The van der Waals surface area contributed by atoms with Gasteiger partial charge < -0.3 is 5.11 Å². The number of para-hydroxylation sites is 1. The fraction of sp³-hybridized carbons (Fsp3) is 0.588. The molecular formula is C17H25Cl2NOTi. The summed E-state index contributed by atoms with van der Waals surface area (Å²) in [4.78, 5) is 4.65. The number of benzene rings is 1. The number of hydrogen-bond acceptors (Lipinski definition) is 2. The Morgan fingerprint density at radius 3 is 2.32 bits per heavy atom. The minimum absolute atomic E-state index is 0.0429. The van der Waals surface area contributed by atoms with E-state index in [0.29, 0.717) is 11.8 Å². The van der Waals surface area contributed by atoms with Gasteiger partial charge in [-0.05, 0) is 29.9 Å². The number of hydrogen-bond donors (Lipinski definition) is 1. The second-order valence-electron chi connectivity index (χ2n) is 6.63. The van der Waals surface area contributed by atoms with Gasteiger partial charge in [0.2, 0.25) is 0 Å². The Balaban J connectivity index is 0.000000745. The van der Waals surface area contributed by atoms with E-state index in [1.54, 1.807) is 0 Å². The van der Waals surface area contributed by atoms with Crippen LogP contribution in [0.3, 0.4) is 0 Å². The maximum atomic E-state index is 10.4. The van der Waals surface area contributed by atoms with Gasteiger partial charge >= 0.3 is 35.6 Å². The summed E-state index contributed by atoms with van der Waals surface area (Å²) in [6, 6.07) is 6.39. The SMILES string of the molecule is CC(C)(C)c1cccc(C=NC2CCCCC2)c1O.[Cl][Ti][Cl]. The molecule has 0 amide bonds. The molecule has 1 aliphatic carbocycles. The number of halogens is 2. The molecule has 1 aliphatic rings. The standard InChI is InChI=1S/C17H25NO.2ClH.Ti/c1-17(2,3)15-11-7-8-13(16(15)19)12-18-14-9-5-4-6-10-14;;;/h7-8,11-12,14,19H,4-6,9-10H2,1-3H3;2*1H;/q;;;+2/p-2. The van der Waals surface area contributed by atoms with Crippen molar-refractivity contribution in [3.63, 3.8) is 0 Å². The maximum absolute atomic E-state index is 10.4. The van der Waals surface area contributed by atoms with E-state index in [2.05, 4.69) is 25.8 Å². The fourth-order valence-electron chi connectivity index (χ4n) is 2.69.